The third kappa shape index (κ3) is 2.74. The van der Waals surface area contributed by atoms with E-state index in [1.165, 1.54) is 6.42 Å². The Hall–Kier alpha value is -1.88. The molecule has 1 aromatic rings. The van der Waals surface area contributed by atoms with Crippen LogP contribution in [0.1, 0.15) is 72.2 Å². The van der Waals surface area contributed by atoms with Gasteiger partial charge in [-0.1, -0.05) is 31.4 Å². The van der Waals surface area contributed by atoms with Crippen LogP contribution >= 0.6 is 0 Å². The summed E-state index contributed by atoms with van der Waals surface area (Å²) in [7, 11) is 0. The van der Waals surface area contributed by atoms with Crippen LogP contribution in [0.2, 0.25) is 0 Å². The molecule has 0 unspecified atom stereocenters. The van der Waals surface area contributed by atoms with Crippen LogP contribution in [0.3, 0.4) is 0 Å². The van der Waals surface area contributed by atoms with E-state index in [1.54, 1.807) is 6.07 Å². The van der Waals surface area contributed by atoms with Crippen LogP contribution in [0.25, 0.3) is 0 Å². The minimum absolute atomic E-state index is 0.0836. The summed E-state index contributed by atoms with van der Waals surface area (Å²) < 4.78 is 11.6. The zero-order valence-electron chi connectivity index (χ0n) is 15.0. The number of nitrogens with zero attached hydrogens (tertiary/aromatic N) is 1. The number of carbonyl (C=O) groups excluding carboxylic acids is 2. The average Bonchev–Trinajstić information content (AvgIpc) is 2.84. The summed E-state index contributed by atoms with van der Waals surface area (Å²) in [6, 6.07) is 5.46. The van der Waals surface area contributed by atoms with Crippen LogP contribution in [0.4, 0.5) is 0 Å². The van der Waals surface area contributed by atoms with Crippen molar-refractivity contribution in [1.82, 2.24) is 4.90 Å². The monoisotopic (exact) mass is 343 g/mol. The van der Waals surface area contributed by atoms with Crippen molar-refractivity contribution in [2.45, 2.75) is 57.2 Å². The molecule has 5 nitrogen and oxygen atoms in total. The molecular formula is C20H25NO4. The first kappa shape index (κ1) is 16.6. The first-order valence-corrected chi connectivity index (χ1v) is 9.22. The molecule has 2 aliphatic heterocycles. The lowest BCUT2D eigenvalue weighted by molar-refractivity contribution is -0.117. The lowest BCUT2D eigenvalue weighted by Gasteiger charge is -2.45. The smallest absolute Gasteiger partial charge is 0.340 e. The number of cyclic esters (lactones) is 1. The van der Waals surface area contributed by atoms with Crippen LogP contribution in [0.15, 0.2) is 18.2 Å². The molecule has 1 saturated heterocycles. The van der Waals surface area contributed by atoms with Crippen molar-refractivity contribution in [3.8, 4) is 0 Å². The highest BCUT2D eigenvalue weighted by Crippen LogP contribution is 2.39. The second kappa shape index (κ2) is 5.84. The Bertz CT molecular complexity index is 713. The highest BCUT2D eigenvalue weighted by Gasteiger charge is 2.43. The second-order valence-electron chi connectivity index (χ2n) is 7.95. The minimum Gasteiger partial charge on any atom is -0.451 e. The summed E-state index contributed by atoms with van der Waals surface area (Å²) in [6.07, 6.45) is 5.58. The number of fused-ring (bicyclic) bond motifs is 1. The fraction of sp³-hybridized carbons (Fsp3) is 0.600. The topological polar surface area (TPSA) is 55.8 Å². The number of amides is 1. The zero-order valence-corrected chi connectivity index (χ0v) is 15.0. The molecule has 2 heterocycles. The molecule has 4 rings (SSSR count). The van der Waals surface area contributed by atoms with Gasteiger partial charge >= 0.3 is 5.97 Å². The van der Waals surface area contributed by atoms with Gasteiger partial charge in [0, 0.05) is 12.1 Å². The molecule has 0 bridgehead atoms. The molecule has 0 aromatic heterocycles. The van der Waals surface area contributed by atoms with Gasteiger partial charge in [-0.05, 0) is 32.8 Å². The van der Waals surface area contributed by atoms with Crippen LogP contribution < -0.4 is 0 Å². The van der Waals surface area contributed by atoms with Crippen molar-refractivity contribution in [3.05, 3.63) is 34.9 Å². The van der Waals surface area contributed by atoms with Gasteiger partial charge in [0.1, 0.15) is 5.60 Å². The van der Waals surface area contributed by atoms with E-state index in [1.807, 2.05) is 30.9 Å². The van der Waals surface area contributed by atoms with Gasteiger partial charge in [-0.25, -0.2) is 4.79 Å². The summed E-state index contributed by atoms with van der Waals surface area (Å²) >= 11 is 0. The first-order valence-electron chi connectivity index (χ1n) is 9.22. The molecule has 1 saturated carbocycles. The third-order valence-electron chi connectivity index (χ3n) is 5.80. The molecule has 0 N–H and O–H groups in total. The van der Waals surface area contributed by atoms with Crippen LogP contribution in [-0.2, 0) is 15.1 Å². The van der Waals surface area contributed by atoms with Crippen molar-refractivity contribution >= 4 is 11.9 Å². The van der Waals surface area contributed by atoms with Crippen LogP contribution in [-0.4, -0.2) is 42.1 Å². The highest BCUT2D eigenvalue weighted by atomic mass is 16.6. The predicted molar refractivity (Wildman–Crippen MR) is 92.6 cm³/mol. The molecule has 5 heteroatoms. The van der Waals surface area contributed by atoms with Gasteiger partial charge in [0.15, 0.2) is 0 Å². The molecule has 25 heavy (non-hydrogen) atoms. The number of esters is 1. The van der Waals surface area contributed by atoms with E-state index in [2.05, 4.69) is 0 Å². The van der Waals surface area contributed by atoms with Gasteiger partial charge in [-0.15, -0.1) is 0 Å². The molecule has 0 radical (unpaired) electrons. The molecule has 1 amide bonds. The summed E-state index contributed by atoms with van der Waals surface area (Å²) in [5.74, 6) is -0.482. The Kier molecular flexibility index (Phi) is 3.87. The Balaban J connectivity index is 1.64. The van der Waals surface area contributed by atoms with E-state index in [4.69, 9.17) is 9.47 Å². The summed E-state index contributed by atoms with van der Waals surface area (Å²) in [6.45, 7) is 5.47. The Labute approximate surface area is 148 Å². The van der Waals surface area contributed by atoms with Gasteiger partial charge in [0.05, 0.1) is 29.9 Å². The minimum atomic E-state index is -0.682. The van der Waals surface area contributed by atoms with E-state index in [-0.39, 0.29) is 11.5 Å². The number of morpholine rings is 1. The molecule has 3 aliphatic rings. The largest absolute Gasteiger partial charge is 0.451 e. The van der Waals surface area contributed by atoms with E-state index >= 15 is 0 Å². The maximum Gasteiger partial charge on any atom is 0.340 e. The quantitative estimate of drug-likeness (QED) is 0.735. The fourth-order valence-electron chi connectivity index (χ4n) is 4.48. The van der Waals surface area contributed by atoms with E-state index in [0.717, 1.165) is 31.2 Å². The zero-order chi connectivity index (χ0) is 17.7. The van der Waals surface area contributed by atoms with E-state index < -0.39 is 11.6 Å². The van der Waals surface area contributed by atoms with Gasteiger partial charge < -0.3 is 14.4 Å². The number of carbonyl (C=O) groups is 2. The van der Waals surface area contributed by atoms with Crippen molar-refractivity contribution in [2.24, 2.45) is 0 Å². The van der Waals surface area contributed by atoms with Crippen LogP contribution in [0.5, 0.6) is 0 Å². The number of rotatable bonds is 1. The number of hydrogen-bond acceptors (Lipinski definition) is 4. The molecule has 2 fully saturated rings. The van der Waals surface area contributed by atoms with Crippen molar-refractivity contribution in [3.63, 3.8) is 0 Å². The predicted octanol–water partition coefficient (Wildman–Crippen LogP) is 3.27. The van der Waals surface area contributed by atoms with Gasteiger partial charge in [0.2, 0.25) is 0 Å². The van der Waals surface area contributed by atoms with Crippen molar-refractivity contribution in [1.29, 1.82) is 0 Å². The number of ether oxygens (including phenoxy) is 2. The van der Waals surface area contributed by atoms with Gasteiger partial charge in [-0.2, -0.15) is 0 Å². The lowest BCUT2D eigenvalue weighted by atomic mass is 9.83. The standard InChI is InChI=1S/C20H25NO4/c1-19(2)15-8-6-7-14(16(15)18(23)25-19)17(22)21-11-12-24-20(13-21)9-4-3-5-10-20/h6-8H,3-5,9-13H2,1-2H3. The SMILES string of the molecule is CC1(C)OC(=O)c2c(C(=O)N3CCOC4(CCCCC4)C3)cccc21. The average molecular weight is 343 g/mol. The Morgan fingerprint density at radius 3 is 2.68 bits per heavy atom. The van der Waals surface area contributed by atoms with Gasteiger partial charge in [0.25, 0.3) is 5.91 Å². The Morgan fingerprint density at radius 1 is 1.16 bits per heavy atom. The molecule has 134 valence electrons. The highest BCUT2D eigenvalue weighted by molar-refractivity contribution is 6.08. The normalized spacial score (nSPS) is 24.1. The van der Waals surface area contributed by atoms with E-state index in [0.29, 0.717) is 30.8 Å². The van der Waals surface area contributed by atoms with Gasteiger partial charge in [-0.3, -0.25) is 4.79 Å². The summed E-state index contributed by atoms with van der Waals surface area (Å²) in [5, 5.41) is 0. The number of benzene rings is 1. The van der Waals surface area contributed by atoms with Crippen molar-refractivity contribution in [2.75, 3.05) is 19.7 Å². The number of hydrogen-bond donors (Lipinski definition) is 0. The third-order valence-corrected chi connectivity index (χ3v) is 5.80. The maximum absolute atomic E-state index is 13.2. The first-order chi connectivity index (χ1) is 11.9. The molecule has 1 aromatic carbocycles. The second-order valence-corrected chi connectivity index (χ2v) is 7.95. The molecule has 1 aliphatic carbocycles. The van der Waals surface area contributed by atoms with E-state index in [9.17, 15) is 9.59 Å². The summed E-state index contributed by atoms with van der Waals surface area (Å²) in [4.78, 5) is 27.4. The molecule has 1 spiro atoms. The molecular weight excluding hydrogens is 318 g/mol. The Morgan fingerprint density at radius 2 is 1.92 bits per heavy atom. The van der Waals surface area contributed by atoms with Crippen LogP contribution in [0, 0.1) is 0 Å². The summed E-state index contributed by atoms with van der Waals surface area (Å²) in [5.41, 5.74) is 0.814. The molecule has 0 atom stereocenters. The maximum atomic E-state index is 13.2. The fourth-order valence-corrected chi connectivity index (χ4v) is 4.48. The lowest BCUT2D eigenvalue weighted by Crippen LogP contribution is -2.54. The van der Waals surface area contributed by atoms with Crippen molar-refractivity contribution < 1.29 is 19.1 Å².